The number of rotatable bonds is 7. The van der Waals surface area contributed by atoms with Gasteiger partial charge in [0.1, 0.15) is 0 Å². The lowest BCUT2D eigenvalue weighted by Gasteiger charge is -2.25. The monoisotopic (exact) mass is 237 g/mol. The van der Waals surface area contributed by atoms with E-state index in [-0.39, 0.29) is 0 Å². The lowest BCUT2D eigenvalue weighted by molar-refractivity contribution is 0.200. The Balaban J connectivity index is 1.79. The molecule has 2 saturated carbocycles. The van der Waals surface area contributed by atoms with Crippen LogP contribution >= 0.6 is 0 Å². The summed E-state index contributed by atoms with van der Waals surface area (Å²) in [5, 5.41) is 3.52. The highest BCUT2D eigenvalue weighted by atomic mass is 16.5. The standard InChI is InChI=1S/C15H27NO/c1-17-10-9-16-12-15(11-13-7-8-13)14-5-3-2-4-6-14/h11,13-14,16H,2-10,12H2,1H3. The number of hydrogen-bond donors (Lipinski definition) is 1. The molecular formula is C15H27NO. The van der Waals surface area contributed by atoms with Gasteiger partial charge in [-0.2, -0.15) is 0 Å². The van der Waals surface area contributed by atoms with Crippen molar-refractivity contribution in [2.75, 3.05) is 26.8 Å². The summed E-state index contributed by atoms with van der Waals surface area (Å²) < 4.78 is 5.08. The predicted octanol–water partition coefficient (Wildman–Crippen LogP) is 3.14. The van der Waals surface area contributed by atoms with Gasteiger partial charge in [-0.1, -0.05) is 30.9 Å². The zero-order chi connectivity index (χ0) is 11.9. The Morgan fingerprint density at radius 1 is 1.18 bits per heavy atom. The van der Waals surface area contributed by atoms with Crippen molar-refractivity contribution in [1.29, 1.82) is 0 Å². The summed E-state index contributed by atoms with van der Waals surface area (Å²) in [6, 6.07) is 0. The summed E-state index contributed by atoms with van der Waals surface area (Å²) in [6.45, 7) is 2.89. The average molecular weight is 237 g/mol. The number of methoxy groups -OCH3 is 1. The highest BCUT2D eigenvalue weighted by Crippen LogP contribution is 2.36. The maximum atomic E-state index is 5.08. The van der Waals surface area contributed by atoms with Gasteiger partial charge in [0, 0.05) is 20.2 Å². The second-order valence-electron chi connectivity index (χ2n) is 5.58. The van der Waals surface area contributed by atoms with Gasteiger partial charge in [-0.05, 0) is 37.5 Å². The Bertz CT molecular complexity index is 239. The first-order valence-electron chi connectivity index (χ1n) is 7.30. The first-order valence-corrected chi connectivity index (χ1v) is 7.30. The summed E-state index contributed by atoms with van der Waals surface area (Å²) >= 11 is 0. The summed E-state index contributed by atoms with van der Waals surface area (Å²) in [5.74, 6) is 1.79. The van der Waals surface area contributed by atoms with E-state index >= 15 is 0 Å². The van der Waals surface area contributed by atoms with Crippen LogP contribution in [0.4, 0.5) is 0 Å². The minimum Gasteiger partial charge on any atom is -0.383 e. The first kappa shape index (κ1) is 13.1. The molecule has 0 saturated heterocycles. The first-order chi connectivity index (χ1) is 8.40. The number of hydrogen-bond acceptors (Lipinski definition) is 2. The Morgan fingerprint density at radius 3 is 2.59 bits per heavy atom. The van der Waals surface area contributed by atoms with Crippen LogP contribution in [-0.2, 0) is 4.74 Å². The van der Waals surface area contributed by atoms with Crippen LogP contribution in [0.25, 0.3) is 0 Å². The molecule has 0 atom stereocenters. The van der Waals surface area contributed by atoms with E-state index in [0.29, 0.717) is 0 Å². The second-order valence-corrected chi connectivity index (χ2v) is 5.58. The lowest BCUT2D eigenvalue weighted by atomic mass is 9.83. The molecule has 0 bridgehead atoms. The van der Waals surface area contributed by atoms with Gasteiger partial charge in [0.25, 0.3) is 0 Å². The molecule has 0 heterocycles. The maximum absolute atomic E-state index is 5.08. The van der Waals surface area contributed by atoms with Gasteiger partial charge >= 0.3 is 0 Å². The predicted molar refractivity (Wildman–Crippen MR) is 72.1 cm³/mol. The molecule has 2 rings (SSSR count). The van der Waals surface area contributed by atoms with E-state index < -0.39 is 0 Å². The Kier molecular flexibility index (Phi) is 5.53. The van der Waals surface area contributed by atoms with Crippen molar-refractivity contribution in [3.8, 4) is 0 Å². The van der Waals surface area contributed by atoms with Gasteiger partial charge in [-0.3, -0.25) is 0 Å². The van der Waals surface area contributed by atoms with Gasteiger partial charge in [0.15, 0.2) is 0 Å². The van der Waals surface area contributed by atoms with Gasteiger partial charge in [0.05, 0.1) is 6.61 Å². The van der Waals surface area contributed by atoms with E-state index in [0.717, 1.165) is 31.5 Å². The number of ether oxygens (including phenoxy) is 1. The highest BCUT2D eigenvalue weighted by Gasteiger charge is 2.23. The van der Waals surface area contributed by atoms with E-state index in [1.165, 1.54) is 44.9 Å². The van der Waals surface area contributed by atoms with Crippen LogP contribution in [0.3, 0.4) is 0 Å². The molecule has 1 N–H and O–H groups in total. The van der Waals surface area contributed by atoms with Crippen LogP contribution in [0.1, 0.15) is 44.9 Å². The van der Waals surface area contributed by atoms with Gasteiger partial charge in [0.2, 0.25) is 0 Å². The fourth-order valence-electron chi connectivity index (χ4n) is 2.79. The third kappa shape index (κ3) is 4.81. The molecule has 98 valence electrons. The van der Waals surface area contributed by atoms with Crippen LogP contribution < -0.4 is 5.32 Å². The molecule has 0 aliphatic heterocycles. The van der Waals surface area contributed by atoms with Crippen LogP contribution in [0.15, 0.2) is 11.6 Å². The molecule has 0 spiro atoms. The molecule has 0 aromatic heterocycles. The van der Waals surface area contributed by atoms with E-state index in [9.17, 15) is 0 Å². The number of allylic oxidation sites excluding steroid dienone is 1. The van der Waals surface area contributed by atoms with E-state index in [1.807, 2.05) is 0 Å². The largest absolute Gasteiger partial charge is 0.383 e. The molecule has 2 nitrogen and oxygen atoms in total. The van der Waals surface area contributed by atoms with Crippen molar-refractivity contribution in [3.05, 3.63) is 11.6 Å². The molecular weight excluding hydrogens is 210 g/mol. The molecule has 17 heavy (non-hydrogen) atoms. The van der Waals surface area contributed by atoms with Crippen molar-refractivity contribution in [1.82, 2.24) is 5.32 Å². The molecule has 2 aliphatic rings. The molecule has 0 aromatic carbocycles. The summed E-state index contributed by atoms with van der Waals surface area (Å²) in [7, 11) is 1.77. The fourth-order valence-corrected chi connectivity index (χ4v) is 2.79. The zero-order valence-corrected chi connectivity index (χ0v) is 11.2. The molecule has 0 unspecified atom stereocenters. The van der Waals surface area contributed by atoms with Gasteiger partial charge in [-0.15, -0.1) is 0 Å². The van der Waals surface area contributed by atoms with Crippen molar-refractivity contribution in [2.24, 2.45) is 11.8 Å². The van der Waals surface area contributed by atoms with E-state index in [2.05, 4.69) is 11.4 Å². The minimum atomic E-state index is 0.821. The normalized spacial score (nSPS) is 23.0. The lowest BCUT2D eigenvalue weighted by Crippen LogP contribution is -2.25. The number of nitrogens with one attached hydrogen (secondary N) is 1. The van der Waals surface area contributed by atoms with Crippen LogP contribution in [0.5, 0.6) is 0 Å². The van der Waals surface area contributed by atoms with Crippen molar-refractivity contribution >= 4 is 0 Å². The quantitative estimate of drug-likeness (QED) is 0.542. The molecule has 2 fully saturated rings. The highest BCUT2D eigenvalue weighted by molar-refractivity contribution is 5.14. The van der Waals surface area contributed by atoms with Crippen molar-refractivity contribution < 1.29 is 4.74 Å². The SMILES string of the molecule is COCCNCC(=CC1CC1)C1CCCCC1. The summed E-state index contributed by atoms with van der Waals surface area (Å²) in [6.07, 6.45) is 12.6. The van der Waals surface area contributed by atoms with Crippen LogP contribution in [0.2, 0.25) is 0 Å². The van der Waals surface area contributed by atoms with Crippen LogP contribution in [-0.4, -0.2) is 26.8 Å². The Morgan fingerprint density at radius 2 is 1.94 bits per heavy atom. The van der Waals surface area contributed by atoms with Gasteiger partial charge < -0.3 is 10.1 Å². The van der Waals surface area contributed by atoms with Crippen molar-refractivity contribution in [3.63, 3.8) is 0 Å². The molecule has 0 radical (unpaired) electrons. The molecule has 0 aromatic rings. The van der Waals surface area contributed by atoms with Crippen LogP contribution in [0, 0.1) is 11.8 Å². The molecule has 2 aliphatic carbocycles. The topological polar surface area (TPSA) is 21.3 Å². The summed E-state index contributed by atoms with van der Waals surface area (Å²) in [4.78, 5) is 0. The third-order valence-electron chi connectivity index (χ3n) is 4.01. The maximum Gasteiger partial charge on any atom is 0.0587 e. The molecule has 2 heteroatoms. The summed E-state index contributed by atoms with van der Waals surface area (Å²) in [5.41, 5.74) is 1.70. The minimum absolute atomic E-state index is 0.821. The van der Waals surface area contributed by atoms with Crippen molar-refractivity contribution in [2.45, 2.75) is 44.9 Å². The van der Waals surface area contributed by atoms with E-state index in [1.54, 1.807) is 12.7 Å². The second kappa shape index (κ2) is 7.17. The van der Waals surface area contributed by atoms with Gasteiger partial charge in [-0.25, -0.2) is 0 Å². The van der Waals surface area contributed by atoms with E-state index in [4.69, 9.17) is 4.74 Å². The third-order valence-corrected chi connectivity index (χ3v) is 4.01. The zero-order valence-electron chi connectivity index (χ0n) is 11.2. The Labute approximate surface area is 106 Å². The molecule has 0 amide bonds. The average Bonchev–Trinajstić information content (AvgIpc) is 3.18. The fraction of sp³-hybridized carbons (Fsp3) is 0.867. The Hall–Kier alpha value is -0.340. The smallest absolute Gasteiger partial charge is 0.0587 e.